The summed E-state index contributed by atoms with van der Waals surface area (Å²) >= 11 is 0. The van der Waals surface area contributed by atoms with E-state index in [1.807, 2.05) is 24.4 Å². The first-order valence-corrected chi connectivity index (χ1v) is 4.83. The maximum absolute atomic E-state index is 4.52. The van der Waals surface area contributed by atoms with E-state index in [1.54, 1.807) is 0 Å². The third-order valence-corrected chi connectivity index (χ3v) is 2.23. The number of pyridine rings is 1. The molecule has 0 saturated heterocycles. The zero-order valence-electron chi connectivity index (χ0n) is 9.46. The van der Waals surface area contributed by atoms with E-state index < -0.39 is 0 Å². The molecular formula is C11H17Br2N3. The molecule has 2 aromatic rings. The van der Waals surface area contributed by atoms with Gasteiger partial charge in [0.2, 0.25) is 0 Å². The van der Waals surface area contributed by atoms with Crippen LogP contribution in [0, 0.1) is 0 Å². The molecule has 0 bridgehead atoms. The van der Waals surface area contributed by atoms with Gasteiger partial charge in [-0.25, -0.2) is 4.98 Å². The fraction of sp³-hybridized carbons (Fsp3) is 0.364. The van der Waals surface area contributed by atoms with Crippen LogP contribution < -0.4 is 0 Å². The Kier molecular flexibility index (Phi) is 6.87. The summed E-state index contributed by atoms with van der Waals surface area (Å²) in [5.41, 5.74) is 2.19. The van der Waals surface area contributed by atoms with Crippen LogP contribution in [0.4, 0.5) is 0 Å². The minimum atomic E-state index is 0. The molecule has 0 N–H and O–H groups in total. The van der Waals surface area contributed by atoms with E-state index in [-0.39, 0.29) is 34.0 Å². The Bertz CT molecular complexity index is 393. The molecular weight excluding hydrogens is 334 g/mol. The summed E-state index contributed by atoms with van der Waals surface area (Å²) in [5.74, 6) is 0. The van der Waals surface area contributed by atoms with Gasteiger partial charge in [-0.2, -0.15) is 0 Å². The van der Waals surface area contributed by atoms with E-state index in [4.69, 9.17) is 0 Å². The van der Waals surface area contributed by atoms with Gasteiger partial charge in [0.05, 0.1) is 5.69 Å². The number of hydrogen-bond acceptors (Lipinski definition) is 2. The number of rotatable bonds is 3. The first-order chi connectivity index (χ1) is 6.75. The van der Waals surface area contributed by atoms with Crippen LogP contribution in [0.3, 0.4) is 0 Å². The van der Waals surface area contributed by atoms with Crippen LogP contribution in [-0.4, -0.2) is 34.9 Å². The molecule has 0 fully saturated rings. The highest BCUT2D eigenvalue weighted by molar-refractivity contribution is 8.93. The van der Waals surface area contributed by atoms with Gasteiger partial charge in [-0.15, -0.1) is 34.0 Å². The average molecular weight is 351 g/mol. The predicted octanol–water partition coefficient (Wildman–Crippen LogP) is 2.59. The molecule has 2 heterocycles. The van der Waals surface area contributed by atoms with E-state index >= 15 is 0 Å². The molecule has 2 aromatic heterocycles. The van der Waals surface area contributed by atoms with E-state index in [9.17, 15) is 0 Å². The van der Waals surface area contributed by atoms with E-state index in [0.29, 0.717) is 0 Å². The summed E-state index contributed by atoms with van der Waals surface area (Å²) in [5, 5.41) is 0. The first-order valence-electron chi connectivity index (χ1n) is 4.83. The summed E-state index contributed by atoms with van der Waals surface area (Å²) in [4.78, 5) is 6.69. The molecule has 0 unspecified atom stereocenters. The molecule has 0 spiro atoms. The Morgan fingerprint density at radius 3 is 2.62 bits per heavy atom. The van der Waals surface area contributed by atoms with Gasteiger partial charge in [0.1, 0.15) is 5.65 Å². The van der Waals surface area contributed by atoms with Crippen molar-refractivity contribution in [3.05, 3.63) is 36.3 Å². The van der Waals surface area contributed by atoms with Crippen LogP contribution in [-0.2, 0) is 6.42 Å². The van der Waals surface area contributed by atoms with Gasteiger partial charge in [-0.05, 0) is 26.2 Å². The van der Waals surface area contributed by atoms with Gasteiger partial charge in [0, 0.05) is 25.4 Å². The van der Waals surface area contributed by atoms with Crippen molar-refractivity contribution in [3.8, 4) is 0 Å². The van der Waals surface area contributed by atoms with Crippen molar-refractivity contribution in [1.29, 1.82) is 0 Å². The summed E-state index contributed by atoms with van der Waals surface area (Å²) in [6, 6.07) is 6.06. The van der Waals surface area contributed by atoms with Gasteiger partial charge in [-0.3, -0.25) is 0 Å². The molecule has 0 atom stereocenters. The van der Waals surface area contributed by atoms with Crippen molar-refractivity contribution in [2.45, 2.75) is 6.42 Å². The highest BCUT2D eigenvalue weighted by Gasteiger charge is 2.00. The Morgan fingerprint density at radius 2 is 2.00 bits per heavy atom. The molecule has 5 heteroatoms. The second kappa shape index (κ2) is 7.04. The quantitative estimate of drug-likeness (QED) is 0.848. The largest absolute Gasteiger partial charge is 0.309 e. The molecule has 0 aromatic carbocycles. The van der Waals surface area contributed by atoms with Crippen LogP contribution in [0.15, 0.2) is 30.6 Å². The smallest absolute Gasteiger partial charge is 0.136 e. The summed E-state index contributed by atoms with van der Waals surface area (Å²) in [6.45, 7) is 1.05. The molecule has 16 heavy (non-hydrogen) atoms. The van der Waals surface area contributed by atoms with E-state index in [1.165, 1.54) is 0 Å². The van der Waals surface area contributed by atoms with Crippen LogP contribution in [0.5, 0.6) is 0 Å². The van der Waals surface area contributed by atoms with E-state index in [2.05, 4.69) is 34.6 Å². The van der Waals surface area contributed by atoms with E-state index in [0.717, 1.165) is 24.3 Å². The van der Waals surface area contributed by atoms with Gasteiger partial charge in [0.15, 0.2) is 0 Å². The molecule has 90 valence electrons. The number of imidazole rings is 1. The highest BCUT2D eigenvalue weighted by atomic mass is 79.9. The lowest BCUT2D eigenvalue weighted by Crippen LogP contribution is -2.15. The van der Waals surface area contributed by atoms with Crippen molar-refractivity contribution in [2.24, 2.45) is 0 Å². The lowest BCUT2D eigenvalue weighted by molar-refractivity contribution is 0.412. The van der Waals surface area contributed by atoms with Crippen LogP contribution >= 0.6 is 34.0 Å². The van der Waals surface area contributed by atoms with Gasteiger partial charge >= 0.3 is 0 Å². The molecule has 0 radical (unpaired) electrons. The minimum Gasteiger partial charge on any atom is -0.309 e. The maximum atomic E-state index is 4.52. The average Bonchev–Trinajstić information content (AvgIpc) is 2.57. The number of nitrogens with zero attached hydrogens (tertiary/aromatic N) is 3. The summed E-state index contributed by atoms with van der Waals surface area (Å²) < 4.78 is 2.06. The van der Waals surface area contributed by atoms with Gasteiger partial charge in [0.25, 0.3) is 0 Å². The number of hydrogen-bond donors (Lipinski definition) is 0. The van der Waals surface area contributed by atoms with Gasteiger partial charge < -0.3 is 9.30 Å². The van der Waals surface area contributed by atoms with Crippen molar-refractivity contribution in [3.63, 3.8) is 0 Å². The summed E-state index contributed by atoms with van der Waals surface area (Å²) in [6.07, 6.45) is 5.13. The normalized spacial score (nSPS) is 9.94. The molecule has 0 saturated carbocycles. The van der Waals surface area contributed by atoms with Crippen molar-refractivity contribution in [1.82, 2.24) is 14.3 Å². The number of aromatic nitrogens is 2. The maximum Gasteiger partial charge on any atom is 0.136 e. The Labute approximate surface area is 117 Å². The fourth-order valence-electron chi connectivity index (χ4n) is 1.45. The Hall–Kier alpha value is -0.390. The number of fused-ring (bicyclic) bond motifs is 1. The number of halogens is 2. The second-order valence-corrected chi connectivity index (χ2v) is 3.75. The topological polar surface area (TPSA) is 20.5 Å². The third kappa shape index (κ3) is 3.88. The van der Waals surface area contributed by atoms with Crippen molar-refractivity contribution >= 4 is 39.6 Å². The molecule has 0 aliphatic rings. The van der Waals surface area contributed by atoms with Crippen molar-refractivity contribution < 1.29 is 0 Å². The lowest BCUT2D eigenvalue weighted by Gasteiger charge is -2.06. The zero-order chi connectivity index (χ0) is 9.97. The van der Waals surface area contributed by atoms with Crippen molar-refractivity contribution in [2.75, 3.05) is 20.6 Å². The third-order valence-electron chi connectivity index (χ3n) is 2.23. The lowest BCUT2D eigenvalue weighted by atomic mass is 10.3. The highest BCUT2D eigenvalue weighted by Crippen LogP contribution is 2.04. The molecule has 3 nitrogen and oxygen atoms in total. The molecule has 0 aliphatic carbocycles. The SMILES string of the molecule is Br.Br.CN(C)CCc1cn2ccccc2n1. The number of likely N-dealkylation sites (N-methyl/N-ethyl adjacent to an activating group) is 1. The Morgan fingerprint density at radius 1 is 1.25 bits per heavy atom. The monoisotopic (exact) mass is 349 g/mol. The fourth-order valence-corrected chi connectivity index (χ4v) is 1.45. The van der Waals surface area contributed by atoms with Crippen LogP contribution in [0.1, 0.15) is 5.69 Å². The second-order valence-electron chi connectivity index (χ2n) is 3.75. The van der Waals surface area contributed by atoms with Gasteiger partial charge in [-0.1, -0.05) is 6.07 Å². The van der Waals surface area contributed by atoms with Crippen LogP contribution in [0.2, 0.25) is 0 Å². The Balaban J connectivity index is 0.00000112. The molecule has 0 aliphatic heterocycles. The zero-order valence-corrected chi connectivity index (χ0v) is 12.9. The molecule has 0 amide bonds. The minimum absolute atomic E-state index is 0. The predicted molar refractivity (Wildman–Crippen MR) is 78.1 cm³/mol. The summed E-state index contributed by atoms with van der Waals surface area (Å²) in [7, 11) is 4.16. The molecule has 2 rings (SSSR count). The first kappa shape index (κ1) is 15.6. The van der Waals surface area contributed by atoms with Crippen LogP contribution in [0.25, 0.3) is 5.65 Å². The standard InChI is InChI=1S/C11H15N3.2BrH/c1-13(2)8-6-10-9-14-7-4-3-5-11(14)12-10;;/h3-5,7,9H,6,8H2,1-2H3;2*1H.